The molecule has 8 heteroatoms. The summed E-state index contributed by atoms with van der Waals surface area (Å²) >= 11 is 0. The Morgan fingerprint density at radius 2 is 2.11 bits per heavy atom. The van der Waals surface area contributed by atoms with Gasteiger partial charge in [-0.1, -0.05) is 0 Å². The van der Waals surface area contributed by atoms with Crippen LogP contribution in [-0.2, 0) is 4.79 Å². The van der Waals surface area contributed by atoms with E-state index in [0.29, 0.717) is 0 Å². The Labute approximate surface area is 107 Å². The molecule has 0 aliphatic carbocycles. The lowest BCUT2D eigenvalue weighted by atomic mass is 10.1. The number of hydrogen-bond acceptors (Lipinski definition) is 5. The first kappa shape index (κ1) is 12.6. The second-order valence-corrected chi connectivity index (χ2v) is 3.85. The lowest BCUT2D eigenvalue weighted by Gasteiger charge is -2.01. The molecular weight excluding hydrogens is 254 g/mol. The number of carbonyl (C=O) groups excluding carboxylic acids is 2. The third-order valence-corrected chi connectivity index (χ3v) is 2.59. The number of phenolic OH excluding ortho intramolecular Hbond substituents is 1. The zero-order chi connectivity index (χ0) is 14.2. The molecule has 3 amide bonds. The number of rotatable bonds is 2. The fraction of sp³-hybridized carbons (Fsp3) is 0.0909. The summed E-state index contributed by atoms with van der Waals surface area (Å²) in [5.41, 5.74) is -0.327. The van der Waals surface area contributed by atoms with Gasteiger partial charge in [0.25, 0.3) is 11.6 Å². The molecule has 0 saturated carbocycles. The van der Waals surface area contributed by atoms with Crippen molar-refractivity contribution in [1.82, 2.24) is 10.2 Å². The second kappa shape index (κ2) is 4.41. The molecule has 0 aromatic heterocycles. The summed E-state index contributed by atoms with van der Waals surface area (Å²) < 4.78 is 0. The van der Waals surface area contributed by atoms with E-state index in [2.05, 4.69) is 5.32 Å². The maximum Gasteiger partial charge on any atom is 0.328 e. The van der Waals surface area contributed by atoms with Gasteiger partial charge in [0.1, 0.15) is 11.4 Å². The lowest BCUT2D eigenvalue weighted by Crippen LogP contribution is -2.25. The zero-order valence-electron chi connectivity index (χ0n) is 9.78. The van der Waals surface area contributed by atoms with Crippen molar-refractivity contribution in [3.8, 4) is 5.75 Å². The molecule has 98 valence electrons. The van der Waals surface area contributed by atoms with Gasteiger partial charge in [-0.05, 0) is 18.2 Å². The fourth-order valence-electron chi connectivity index (χ4n) is 1.60. The smallest absolute Gasteiger partial charge is 0.328 e. The van der Waals surface area contributed by atoms with E-state index >= 15 is 0 Å². The lowest BCUT2D eigenvalue weighted by molar-refractivity contribution is -0.385. The molecule has 0 atom stereocenters. The Hall–Kier alpha value is -2.90. The number of urea groups is 1. The molecule has 1 heterocycles. The Morgan fingerprint density at radius 3 is 2.63 bits per heavy atom. The van der Waals surface area contributed by atoms with Gasteiger partial charge in [-0.3, -0.25) is 19.8 Å². The number of nitrogens with zero attached hydrogens (tertiary/aromatic N) is 2. The van der Waals surface area contributed by atoms with Gasteiger partial charge in [0, 0.05) is 13.1 Å². The van der Waals surface area contributed by atoms with Crippen LogP contribution in [0.1, 0.15) is 5.56 Å². The summed E-state index contributed by atoms with van der Waals surface area (Å²) in [6.45, 7) is 0. The Morgan fingerprint density at radius 1 is 1.42 bits per heavy atom. The van der Waals surface area contributed by atoms with Crippen LogP contribution in [0.5, 0.6) is 5.75 Å². The standard InChI is InChI=1S/C11H9N3O5/c1-13-10(16)8(12-11(13)17)5-6-4-7(15)2-3-9(6)14(18)19/h2-5,15H,1H3,(H,12,17)/b8-5+. The van der Waals surface area contributed by atoms with Gasteiger partial charge in [0.2, 0.25) is 0 Å². The average Bonchev–Trinajstić information content (AvgIpc) is 2.57. The van der Waals surface area contributed by atoms with Gasteiger partial charge in [-0.2, -0.15) is 0 Å². The van der Waals surface area contributed by atoms with Crippen LogP contribution in [0.25, 0.3) is 6.08 Å². The van der Waals surface area contributed by atoms with Gasteiger partial charge < -0.3 is 10.4 Å². The van der Waals surface area contributed by atoms with E-state index in [9.17, 15) is 24.8 Å². The highest BCUT2D eigenvalue weighted by Gasteiger charge is 2.30. The van der Waals surface area contributed by atoms with E-state index in [1.165, 1.54) is 13.1 Å². The van der Waals surface area contributed by atoms with E-state index in [4.69, 9.17) is 0 Å². The number of hydrogen-bond donors (Lipinski definition) is 2. The summed E-state index contributed by atoms with van der Waals surface area (Å²) in [4.78, 5) is 33.9. The highest BCUT2D eigenvalue weighted by Crippen LogP contribution is 2.26. The molecule has 0 radical (unpaired) electrons. The summed E-state index contributed by atoms with van der Waals surface area (Å²) in [6.07, 6.45) is 1.15. The van der Waals surface area contributed by atoms with E-state index in [0.717, 1.165) is 23.1 Å². The number of amides is 3. The number of nitrogens with one attached hydrogen (secondary N) is 1. The minimum Gasteiger partial charge on any atom is -0.508 e. The van der Waals surface area contributed by atoms with Crippen LogP contribution in [0.2, 0.25) is 0 Å². The predicted molar refractivity (Wildman–Crippen MR) is 64.0 cm³/mol. The average molecular weight is 263 g/mol. The molecule has 1 aliphatic heterocycles. The van der Waals surface area contributed by atoms with Crippen molar-refractivity contribution in [3.63, 3.8) is 0 Å². The van der Waals surface area contributed by atoms with Crippen LogP contribution >= 0.6 is 0 Å². The summed E-state index contributed by atoms with van der Waals surface area (Å²) in [5.74, 6) is -0.773. The first-order chi connectivity index (χ1) is 8.90. The topological polar surface area (TPSA) is 113 Å². The zero-order valence-corrected chi connectivity index (χ0v) is 9.78. The largest absolute Gasteiger partial charge is 0.508 e. The molecule has 1 saturated heterocycles. The molecule has 2 N–H and O–H groups in total. The van der Waals surface area contributed by atoms with Crippen molar-refractivity contribution in [2.45, 2.75) is 0 Å². The van der Waals surface area contributed by atoms with Crippen molar-refractivity contribution in [2.24, 2.45) is 0 Å². The van der Waals surface area contributed by atoms with Crippen LogP contribution in [0.3, 0.4) is 0 Å². The summed E-state index contributed by atoms with van der Waals surface area (Å²) in [5, 5.41) is 22.4. The Kier molecular flexibility index (Phi) is 2.91. The quantitative estimate of drug-likeness (QED) is 0.355. The second-order valence-electron chi connectivity index (χ2n) is 3.85. The van der Waals surface area contributed by atoms with Gasteiger partial charge >= 0.3 is 6.03 Å². The monoisotopic (exact) mass is 263 g/mol. The SMILES string of the molecule is CN1C(=O)N/C(=C/c2cc(O)ccc2[N+](=O)[O-])C1=O. The molecule has 19 heavy (non-hydrogen) atoms. The van der Waals surface area contributed by atoms with E-state index in [1.807, 2.05) is 0 Å². The van der Waals surface area contributed by atoms with Gasteiger partial charge in [0.15, 0.2) is 0 Å². The molecule has 0 spiro atoms. The molecule has 2 rings (SSSR count). The molecule has 0 bridgehead atoms. The normalized spacial score (nSPS) is 16.9. The van der Waals surface area contributed by atoms with Gasteiger partial charge in [-0.25, -0.2) is 4.79 Å². The molecule has 1 aliphatic rings. The van der Waals surface area contributed by atoms with Crippen molar-refractivity contribution >= 4 is 23.7 Å². The molecule has 8 nitrogen and oxygen atoms in total. The van der Waals surface area contributed by atoms with E-state index < -0.39 is 16.9 Å². The van der Waals surface area contributed by atoms with Crippen LogP contribution in [0.4, 0.5) is 10.5 Å². The number of carbonyl (C=O) groups is 2. The Bertz CT molecular complexity index is 623. The van der Waals surface area contributed by atoms with Crippen LogP contribution in [0.15, 0.2) is 23.9 Å². The van der Waals surface area contributed by atoms with Crippen LogP contribution < -0.4 is 5.32 Å². The van der Waals surface area contributed by atoms with Crippen LogP contribution in [0, 0.1) is 10.1 Å². The van der Waals surface area contributed by atoms with Gasteiger partial charge in [0.05, 0.1) is 10.5 Å². The Balaban J connectivity index is 2.49. The number of likely N-dealkylation sites (N-methyl/N-ethyl adjacent to an activating group) is 1. The molecular formula is C11H9N3O5. The van der Waals surface area contributed by atoms with Crippen molar-refractivity contribution in [2.75, 3.05) is 7.05 Å². The van der Waals surface area contributed by atoms with E-state index in [-0.39, 0.29) is 22.7 Å². The maximum atomic E-state index is 11.6. The first-order valence-electron chi connectivity index (χ1n) is 5.18. The van der Waals surface area contributed by atoms with E-state index in [1.54, 1.807) is 0 Å². The summed E-state index contributed by atoms with van der Waals surface area (Å²) in [7, 11) is 1.29. The summed E-state index contributed by atoms with van der Waals surface area (Å²) in [6, 6.07) is 2.82. The molecule has 1 aromatic carbocycles. The number of nitro groups is 1. The first-order valence-corrected chi connectivity index (χ1v) is 5.18. The third-order valence-electron chi connectivity index (χ3n) is 2.59. The number of benzene rings is 1. The highest BCUT2D eigenvalue weighted by molar-refractivity contribution is 6.13. The molecule has 1 aromatic rings. The predicted octanol–water partition coefficient (Wildman–Crippen LogP) is 0.823. The van der Waals surface area contributed by atoms with Crippen molar-refractivity contribution in [1.29, 1.82) is 0 Å². The highest BCUT2D eigenvalue weighted by atomic mass is 16.6. The number of aromatic hydroxyl groups is 1. The maximum absolute atomic E-state index is 11.6. The minimum atomic E-state index is -0.642. The number of nitro benzene ring substituents is 1. The number of phenols is 1. The van der Waals surface area contributed by atoms with Crippen molar-refractivity contribution in [3.05, 3.63) is 39.6 Å². The number of imide groups is 1. The third kappa shape index (κ3) is 2.23. The van der Waals surface area contributed by atoms with Gasteiger partial charge in [-0.15, -0.1) is 0 Å². The molecule has 0 unspecified atom stereocenters. The van der Waals surface area contributed by atoms with Crippen molar-refractivity contribution < 1.29 is 19.6 Å². The fourth-order valence-corrected chi connectivity index (χ4v) is 1.60. The van der Waals surface area contributed by atoms with Crippen LogP contribution in [-0.4, -0.2) is 33.9 Å². The molecule has 1 fully saturated rings. The minimum absolute atomic E-state index is 0.0314.